The highest BCUT2D eigenvalue weighted by Gasteiger charge is 2.19. The summed E-state index contributed by atoms with van der Waals surface area (Å²) < 4.78 is 0. The summed E-state index contributed by atoms with van der Waals surface area (Å²) in [5.41, 5.74) is 0.578. The van der Waals surface area contributed by atoms with Crippen molar-refractivity contribution in [3.05, 3.63) is 24.3 Å². The van der Waals surface area contributed by atoms with Crippen molar-refractivity contribution in [3.8, 4) is 5.75 Å². The number of phenols is 1. The number of carbonyl (C=O) groups is 1. The van der Waals surface area contributed by atoms with E-state index in [-0.39, 0.29) is 11.8 Å². The molecule has 0 aliphatic rings. The zero-order valence-electron chi connectivity index (χ0n) is 8.84. The molecule has 0 spiro atoms. The summed E-state index contributed by atoms with van der Waals surface area (Å²) in [5, 5.41) is 18.2. The molecule has 1 amide bonds. The van der Waals surface area contributed by atoms with Crippen LogP contribution in [0.5, 0.6) is 5.75 Å². The van der Waals surface area contributed by atoms with Crippen molar-refractivity contribution in [2.24, 2.45) is 0 Å². The number of hydrogen-bond acceptors (Lipinski definition) is 2. The SMILES string of the molecule is CCC(C)N(C(=O)O)c1ccc(O)cc1. The zero-order chi connectivity index (χ0) is 11.4. The third kappa shape index (κ3) is 2.62. The summed E-state index contributed by atoms with van der Waals surface area (Å²) in [4.78, 5) is 12.3. The third-order valence-corrected chi connectivity index (χ3v) is 2.37. The molecule has 0 aliphatic carbocycles. The summed E-state index contributed by atoms with van der Waals surface area (Å²) in [6.07, 6.45) is -0.234. The van der Waals surface area contributed by atoms with Gasteiger partial charge in [0.2, 0.25) is 0 Å². The van der Waals surface area contributed by atoms with Gasteiger partial charge in [-0.3, -0.25) is 4.90 Å². The van der Waals surface area contributed by atoms with Crippen LogP contribution in [0, 0.1) is 0 Å². The van der Waals surface area contributed by atoms with Crippen LogP contribution >= 0.6 is 0 Å². The monoisotopic (exact) mass is 209 g/mol. The first kappa shape index (κ1) is 11.4. The van der Waals surface area contributed by atoms with Gasteiger partial charge in [0.15, 0.2) is 0 Å². The van der Waals surface area contributed by atoms with Crippen LogP contribution in [-0.2, 0) is 0 Å². The Labute approximate surface area is 88.8 Å². The van der Waals surface area contributed by atoms with Crippen molar-refractivity contribution in [1.29, 1.82) is 0 Å². The van der Waals surface area contributed by atoms with Crippen molar-refractivity contribution in [1.82, 2.24) is 0 Å². The van der Waals surface area contributed by atoms with Gasteiger partial charge in [0.05, 0.1) is 0 Å². The minimum Gasteiger partial charge on any atom is -0.508 e. The number of carboxylic acid groups (broad SMARTS) is 1. The Hall–Kier alpha value is -1.71. The van der Waals surface area contributed by atoms with Gasteiger partial charge in [-0.2, -0.15) is 0 Å². The summed E-state index contributed by atoms with van der Waals surface area (Å²) >= 11 is 0. The molecule has 0 aliphatic heterocycles. The molecule has 1 atom stereocenters. The van der Waals surface area contributed by atoms with Crippen LogP contribution in [-0.4, -0.2) is 22.3 Å². The molecule has 0 radical (unpaired) electrons. The zero-order valence-corrected chi connectivity index (χ0v) is 8.84. The molecule has 82 valence electrons. The Kier molecular flexibility index (Phi) is 3.55. The maximum atomic E-state index is 11.0. The molecule has 1 rings (SSSR count). The Bertz CT molecular complexity index is 334. The first-order chi connectivity index (χ1) is 7.06. The largest absolute Gasteiger partial charge is 0.508 e. The molecular weight excluding hydrogens is 194 g/mol. The molecule has 0 saturated heterocycles. The number of rotatable bonds is 3. The van der Waals surface area contributed by atoms with E-state index in [0.29, 0.717) is 5.69 Å². The number of anilines is 1. The topological polar surface area (TPSA) is 60.8 Å². The maximum Gasteiger partial charge on any atom is 0.412 e. The van der Waals surface area contributed by atoms with Crippen LogP contribution in [0.1, 0.15) is 20.3 Å². The van der Waals surface area contributed by atoms with Crippen LogP contribution in [0.3, 0.4) is 0 Å². The van der Waals surface area contributed by atoms with Gasteiger partial charge in [-0.15, -0.1) is 0 Å². The quantitative estimate of drug-likeness (QED) is 0.804. The molecule has 4 heteroatoms. The fourth-order valence-corrected chi connectivity index (χ4v) is 1.35. The number of aromatic hydroxyl groups is 1. The number of benzene rings is 1. The second kappa shape index (κ2) is 4.68. The van der Waals surface area contributed by atoms with Gasteiger partial charge in [0.25, 0.3) is 0 Å². The Balaban J connectivity index is 2.99. The highest BCUT2D eigenvalue weighted by molar-refractivity contribution is 5.86. The maximum absolute atomic E-state index is 11.0. The molecular formula is C11H15NO3. The Morgan fingerprint density at radius 3 is 2.33 bits per heavy atom. The van der Waals surface area contributed by atoms with E-state index in [4.69, 9.17) is 10.2 Å². The summed E-state index contributed by atoms with van der Waals surface area (Å²) in [5.74, 6) is 0.133. The smallest absolute Gasteiger partial charge is 0.412 e. The van der Waals surface area contributed by atoms with Gasteiger partial charge in [-0.05, 0) is 37.6 Å². The van der Waals surface area contributed by atoms with E-state index >= 15 is 0 Å². The number of amides is 1. The van der Waals surface area contributed by atoms with Crippen LogP contribution in [0.4, 0.5) is 10.5 Å². The Morgan fingerprint density at radius 2 is 1.93 bits per heavy atom. The van der Waals surface area contributed by atoms with E-state index in [1.165, 1.54) is 17.0 Å². The molecule has 0 heterocycles. The number of hydrogen-bond donors (Lipinski definition) is 2. The van der Waals surface area contributed by atoms with Crippen molar-refractivity contribution in [2.45, 2.75) is 26.3 Å². The summed E-state index contributed by atoms with van der Waals surface area (Å²) in [7, 11) is 0. The molecule has 4 nitrogen and oxygen atoms in total. The molecule has 1 unspecified atom stereocenters. The molecule has 0 bridgehead atoms. The molecule has 0 saturated carbocycles. The van der Waals surface area contributed by atoms with Crippen LogP contribution in [0.25, 0.3) is 0 Å². The predicted octanol–water partition coefficient (Wildman–Crippen LogP) is 2.68. The fourth-order valence-electron chi connectivity index (χ4n) is 1.35. The van der Waals surface area contributed by atoms with Gasteiger partial charge in [-0.25, -0.2) is 4.79 Å². The lowest BCUT2D eigenvalue weighted by Gasteiger charge is -2.25. The van der Waals surface area contributed by atoms with Crippen molar-refractivity contribution in [2.75, 3.05) is 4.90 Å². The third-order valence-electron chi connectivity index (χ3n) is 2.37. The van der Waals surface area contributed by atoms with Crippen LogP contribution in [0.2, 0.25) is 0 Å². The average molecular weight is 209 g/mol. The number of phenolic OH excluding ortho intramolecular Hbond substituents is 1. The lowest BCUT2D eigenvalue weighted by atomic mass is 10.2. The molecule has 2 N–H and O–H groups in total. The van der Waals surface area contributed by atoms with Crippen molar-refractivity contribution < 1.29 is 15.0 Å². The fraction of sp³-hybridized carbons (Fsp3) is 0.364. The van der Waals surface area contributed by atoms with Gasteiger partial charge in [0, 0.05) is 11.7 Å². The van der Waals surface area contributed by atoms with Gasteiger partial charge in [-0.1, -0.05) is 6.92 Å². The predicted molar refractivity (Wildman–Crippen MR) is 58.4 cm³/mol. The molecule has 15 heavy (non-hydrogen) atoms. The molecule has 0 fully saturated rings. The Morgan fingerprint density at radius 1 is 1.40 bits per heavy atom. The van der Waals surface area contributed by atoms with E-state index in [0.717, 1.165) is 6.42 Å². The van der Waals surface area contributed by atoms with Crippen molar-refractivity contribution >= 4 is 11.8 Å². The molecule has 1 aromatic rings. The highest BCUT2D eigenvalue weighted by Crippen LogP contribution is 2.21. The number of nitrogens with zero attached hydrogens (tertiary/aromatic N) is 1. The van der Waals surface area contributed by atoms with Crippen LogP contribution < -0.4 is 4.90 Å². The van der Waals surface area contributed by atoms with Gasteiger partial charge in [0.1, 0.15) is 5.75 Å². The minimum atomic E-state index is -0.977. The van der Waals surface area contributed by atoms with E-state index < -0.39 is 6.09 Å². The summed E-state index contributed by atoms with van der Waals surface area (Å²) in [6, 6.07) is 6.07. The second-order valence-electron chi connectivity index (χ2n) is 3.43. The lowest BCUT2D eigenvalue weighted by molar-refractivity contribution is 0.199. The van der Waals surface area contributed by atoms with Crippen molar-refractivity contribution in [3.63, 3.8) is 0 Å². The summed E-state index contributed by atoms with van der Waals surface area (Å²) in [6.45, 7) is 3.78. The van der Waals surface area contributed by atoms with Crippen LogP contribution in [0.15, 0.2) is 24.3 Å². The highest BCUT2D eigenvalue weighted by atomic mass is 16.4. The van der Waals surface area contributed by atoms with E-state index in [2.05, 4.69) is 0 Å². The standard InChI is InChI=1S/C11H15NO3/c1-3-8(2)12(11(14)15)9-4-6-10(13)7-5-9/h4-8,13H,3H2,1-2H3,(H,14,15). The average Bonchev–Trinajstić information content (AvgIpc) is 2.20. The first-order valence-corrected chi connectivity index (χ1v) is 4.87. The molecule has 1 aromatic carbocycles. The van der Waals surface area contributed by atoms with Gasteiger partial charge < -0.3 is 10.2 Å². The van der Waals surface area contributed by atoms with E-state index in [9.17, 15) is 4.79 Å². The molecule has 0 aromatic heterocycles. The first-order valence-electron chi connectivity index (χ1n) is 4.87. The van der Waals surface area contributed by atoms with E-state index in [1.54, 1.807) is 12.1 Å². The second-order valence-corrected chi connectivity index (χ2v) is 3.43. The van der Waals surface area contributed by atoms with E-state index in [1.807, 2.05) is 13.8 Å². The normalized spacial score (nSPS) is 12.1. The van der Waals surface area contributed by atoms with Gasteiger partial charge >= 0.3 is 6.09 Å². The lowest BCUT2D eigenvalue weighted by Crippen LogP contribution is -2.37. The minimum absolute atomic E-state index is 0.0768.